The van der Waals surface area contributed by atoms with Gasteiger partial charge in [0.05, 0.1) is 13.2 Å². The summed E-state index contributed by atoms with van der Waals surface area (Å²) in [6, 6.07) is 5.11. The molecule has 3 rings (SSSR count). The fourth-order valence-electron chi connectivity index (χ4n) is 2.48. The van der Waals surface area contributed by atoms with E-state index in [0.29, 0.717) is 10.6 Å². The Bertz CT molecular complexity index is 480. The number of rotatable bonds is 0. The maximum atomic E-state index is 10.1. The first-order valence-corrected chi connectivity index (χ1v) is 6.03. The van der Waals surface area contributed by atoms with E-state index in [1.165, 1.54) is 0 Å². The second-order valence-electron chi connectivity index (χ2n) is 4.57. The van der Waals surface area contributed by atoms with Crippen molar-refractivity contribution in [3.63, 3.8) is 0 Å². The second-order valence-corrected chi connectivity index (χ2v) is 5.01. The van der Waals surface area contributed by atoms with Crippen LogP contribution < -0.4 is 0 Å². The molecule has 0 aromatic heterocycles. The van der Waals surface area contributed by atoms with Gasteiger partial charge in [-0.25, -0.2) is 0 Å². The lowest BCUT2D eigenvalue weighted by Gasteiger charge is -2.42. The van der Waals surface area contributed by atoms with Gasteiger partial charge in [0.25, 0.3) is 0 Å². The van der Waals surface area contributed by atoms with Crippen LogP contribution in [0.4, 0.5) is 0 Å². The summed E-state index contributed by atoms with van der Waals surface area (Å²) in [7, 11) is 0. The first-order valence-electron chi connectivity index (χ1n) is 5.65. The van der Waals surface area contributed by atoms with Crippen LogP contribution >= 0.6 is 11.6 Å². The summed E-state index contributed by atoms with van der Waals surface area (Å²) in [5.41, 5.74) is 1.45. The molecule has 5 nitrogen and oxygen atoms in total. The lowest BCUT2D eigenvalue weighted by atomic mass is 9.90. The summed E-state index contributed by atoms with van der Waals surface area (Å²) in [5, 5.41) is 29.9. The minimum absolute atomic E-state index is 0.0969. The van der Waals surface area contributed by atoms with Crippen LogP contribution in [0.15, 0.2) is 18.2 Å². The van der Waals surface area contributed by atoms with Crippen LogP contribution in [-0.4, -0.2) is 40.2 Å². The van der Waals surface area contributed by atoms with E-state index >= 15 is 0 Å². The highest BCUT2D eigenvalue weighted by Gasteiger charge is 2.55. The third kappa shape index (κ3) is 1.60. The number of aliphatic hydroxyl groups is 3. The maximum absolute atomic E-state index is 10.1. The first kappa shape index (κ1) is 12.3. The minimum atomic E-state index is -1.40. The molecule has 1 aromatic rings. The van der Waals surface area contributed by atoms with E-state index in [0.717, 1.165) is 5.56 Å². The number of fused-ring (bicyclic) bond motifs is 2. The zero-order valence-electron chi connectivity index (χ0n) is 9.41. The average molecular weight is 273 g/mol. The van der Waals surface area contributed by atoms with Crippen molar-refractivity contribution in [2.45, 2.75) is 30.7 Å². The molecule has 2 aliphatic heterocycles. The number of hydrogen-bond donors (Lipinski definition) is 3. The molecule has 98 valence electrons. The van der Waals surface area contributed by atoms with Crippen molar-refractivity contribution in [3.8, 4) is 0 Å². The third-order valence-electron chi connectivity index (χ3n) is 3.46. The molecule has 0 amide bonds. The predicted molar refractivity (Wildman–Crippen MR) is 61.9 cm³/mol. The van der Waals surface area contributed by atoms with E-state index in [1.807, 2.05) is 0 Å². The molecule has 1 aromatic carbocycles. The van der Waals surface area contributed by atoms with Gasteiger partial charge in [0.2, 0.25) is 5.79 Å². The number of halogens is 1. The summed E-state index contributed by atoms with van der Waals surface area (Å²) in [5.74, 6) is -1.40. The molecule has 2 aliphatic rings. The second kappa shape index (κ2) is 4.16. The quantitative estimate of drug-likeness (QED) is 0.626. The van der Waals surface area contributed by atoms with E-state index < -0.39 is 24.1 Å². The Labute approximate surface area is 109 Å². The molecule has 1 saturated heterocycles. The van der Waals surface area contributed by atoms with Crippen molar-refractivity contribution in [2.24, 2.45) is 0 Å². The Kier molecular flexibility index (Phi) is 2.85. The van der Waals surface area contributed by atoms with Crippen LogP contribution in [0.25, 0.3) is 0 Å². The Morgan fingerprint density at radius 1 is 1.22 bits per heavy atom. The molecular formula is C12H13ClO5. The highest BCUT2D eigenvalue weighted by molar-refractivity contribution is 6.30. The van der Waals surface area contributed by atoms with Crippen LogP contribution in [0.1, 0.15) is 11.1 Å². The van der Waals surface area contributed by atoms with Gasteiger partial charge in [-0.3, -0.25) is 0 Å². The molecule has 0 aliphatic carbocycles. The monoisotopic (exact) mass is 272 g/mol. The molecule has 4 unspecified atom stereocenters. The lowest BCUT2D eigenvalue weighted by molar-refractivity contribution is -0.342. The molecule has 0 radical (unpaired) electrons. The van der Waals surface area contributed by atoms with Gasteiger partial charge in [0, 0.05) is 10.6 Å². The zero-order valence-corrected chi connectivity index (χ0v) is 10.2. The standard InChI is InChI=1S/C12H13ClO5/c13-7-1-2-8-6(3-7)4-17-12(8)11(16)10(15)9(14)5-18-12/h1-3,9-11,14-16H,4-5H2. The van der Waals surface area contributed by atoms with E-state index in [9.17, 15) is 15.3 Å². The Morgan fingerprint density at radius 2 is 2.00 bits per heavy atom. The topological polar surface area (TPSA) is 79.2 Å². The molecule has 0 saturated carbocycles. The minimum Gasteiger partial charge on any atom is -0.388 e. The molecule has 0 bridgehead atoms. The Hall–Kier alpha value is -0.690. The smallest absolute Gasteiger partial charge is 0.225 e. The van der Waals surface area contributed by atoms with Crippen molar-refractivity contribution in [2.75, 3.05) is 6.61 Å². The number of ether oxygens (including phenoxy) is 2. The highest BCUT2D eigenvalue weighted by Crippen LogP contribution is 2.44. The van der Waals surface area contributed by atoms with Crippen LogP contribution in [0.3, 0.4) is 0 Å². The zero-order chi connectivity index (χ0) is 12.9. The van der Waals surface area contributed by atoms with Crippen LogP contribution in [0.5, 0.6) is 0 Å². The molecule has 18 heavy (non-hydrogen) atoms. The van der Waals surface area contributed by atoms with E-state index in [4.69, 9.17) is 21.1 Å². The summed E-state index contributed by atoms with van der Waals surface area (Å²) in [4.78, 5) is 0. The van der Waals surface area contributed by atoms with Crippen LogP contribution in [-0.2, 0) is 21.9 Å². The summed E-state index contributed by atoms with van der Waals surface area (Å²) < 4.78 is 11.0. The Morgan fingerprint density at radius 3 is 2.78 bits per heavy atom. The van der Waals surface area contributed by atoms with Gasteiger partial charge in [0.15, 0.2) is 0 Å². The molecule has 1 spiro atoms. The van der Waals surface area contributed by atoms with Crippen LogP contribution in [0, 0.1) is 0 Å². The lowest BCUT2D eigenvalue weighted by Crippen LogP contribution is -2.58. The molecule has 4 atom stereocenters. The fraction of sp³-hybridized carbons (Fsp3) is 0.500. The Balaban J connectivity index is 2.04. The molecule has 3 N–H and O–H groups in total. The van der Waals surface area contributed by atoms with Gasteiger partial charge in [-0.15, -0.1) is 0 Å². The predicted octanol–water partition coefficient (Wildman–Crippen LogP) is 0.136. The van der Waals surface area contributed by atoms with Crippen molar-refractivity contribution >= 4 is 11.6 Å². The number of hydrogen-bond acceptors (Lipinski definition) is 5. The van der Waals surface area contributed by atoms with Crippen LogP contribution in [0.2, 0.25) is 5.02 Å². The number of aliphatic hydroxyl groups excluding tert-OH is 3. The average Bonchev–Trinajstić information content (AvgIpc) is 2.71. The van der Waals surface area contributed by atoms with Crippen molar-refractivity contribution < 1.29 is 24.8 Å². The summed E-state index contributed by atoms with van der Waals surface area (Å²) in [6.07, 6.45) is -3.77. The van der Waals surface area contributed by atoms with Gasteiger partial charge in [-0.2, -0.15) is 0 Å². The first-order chi connectivity index (χ1) is 8.54. The van der Waals surface area contributed by atoms with Gasteiger partial charge in [-0.05, 0) is 17.7 Å². The van der Waals surface area contributed by atoms with Gasteiger partial charge in [0.1, 0.15) is 18.3 Å². The largest absolute Gasteiger partial charge is 0.388 e. The summed E-state index contributed by atoms with van der Waals surface area (Å²) in [6.45, 7) is 0.149. The third-order valence-corrected chi connectivity index (χ3v) is 3.70. The fourth-order valence-corrected chi connectivity index (χ4v) is 2.67. The SMILES string of the molecule is OC1COC2(OCc3cc(Cl)ccc32)C(O)C1O. The van der Waals surface area contributed by atoms with Gasteiger partial charge >= 0.3 is 0 Å². The number of benzene rings is 1. The molecule has 1 fully saturated rings. The highest BCUT2D eigenvalue weighted by atomic mass is 35.5. The normalized spacial score (nSPS) is 39.0. The molecule has 2 heterocycles. The van der Waals surface area contributed by atoms with Gasteiger partial charge in [-0.1, -0.05) is 17.7 Å². The van der Waals surface area contributed by atoms with Crippen molar-refractivity contribution in [1.82, 2.24) is 0 Å². The van der Waals surface area contributed by atoms with E-state index in [2.05, 4.69) is 0 Å². The van der Waals surface area contributed by atoms with Crippen molar-refractivity contribution in [1.29, 1.82) is 0 Å². The molecular weight excluding hydrogens is 260 g/mol. The van der Waals surface area contributed by atoms with E-state index in [-0.39, 0.29) is 13.2 Å². The van der Waals surface area contributed by atoms with E-state index in [1.54, 1.807) is 18.2 Å². The maximum Gasteiger partial charge on any atom is 0.225 e. The van der Waals surface area contributed by atoms with Crippen molar-refractivity contribution in [3.05, 3.63) is 34.3 Å². The summed E-state index contributed by atoms with van der Waals surface area (Å²) >= 11 is 5.89. The van der Waals surface area contributed by atoms with Gasteiger partial charge < -0.3 is 24.8 Å². The molecule has 6 heteroatoms.